The van der Waals surface area contributed by atoms with Crippen molar-refractivity contribution in [3.05, 3.63) is 34.1 Å². The SMILES string of the molecule is CC(C)(CCBr)NCc1ccc(F)cc1Br. The molecule has 0 aromatic heterocycles. The molecule has 0 unspecified atom stereocenters. The molecule has 0 spiro atoms. The van der Waals surface area contributed by atoms with E-state index in [1.54, 1.807) is 6.07 Å². The highest BCUT2D eigenvalue weighted by Gasteiger charge is 2.16. The fourth-order valence-electron chi connectivity index (χ4n) is 1.32. The monoisotopic (exact) mass is 351 g/mol. The third-order valence-corrected chi connectivity index (χ3v) is 3.63. The molecule has 1 aromatic carbocycles. The number of nitrogens with one attached hydrogen (secondary N) is 1. The number of halogens is 3. The molecule has 4 heteroatoms. The molecule has 0 heterocycles. The zero-order valence-electron chi connectivity index (χ0n) is 9.49. The van der Waals surface area contributed by atoms with Crippen LogP contribution in [0.15, 0.2) is 22.7 Å². The van der Waals surface area contributed by atoms with Crippen molar-refractivity contribution >= 4 is 31.9 Å². The molecule has 0 aliphatic heterocycles. The molecule has 1 rings (SSSR count). The van der Waals surface area contributed by atoms with Crippen LogP contribution in [0.25, 0.3) is 0 Å². The van der Waals surface area contributed by atoms with Crippen molar-refractivity contribution in [3.63, 3.8) is 0 Å². The number of benzene rings is 1. The van der Waals surface area contributed by atoms with Gasteiger partial charge in [0, 0.05) is 21.9 Å². The zero-order valence-corrected chi connectivity index (χ0v) is 12.7. The second-order valence-electron chi connectivity index (χ2n) is 4.41. The summed E-state index contributed by atoms with van der Waals surface area (Å²) in [6.07, 6.45) is 1.05. The Labute approximate surface area is 113 Å². The summed E-state index contributed by atoms with van der Waals surface area (Å²) >= 11 is 6.80. The molecule has 1 aromatic rings. The predicted molar refractivity (Wildman–Crippen MR) is 73.4 cm³/mol. The first-order valence-electron chi connectivity index (χ1n) is 5.19. The maximum atomic E-state index is 12.9. The summed E-state index contributed by atoms with van der Waals surface area (Å²) in [4.78, 5) is 0. The second-order valence-corrected chi connectivity index (χ2v) is 6.06. The summed E-state index contributed by atoms with van der Waals surface area (Å²) in [7, 11) is 0. The first kappa shape index (κ1) is 14.1. The van der Waals surface area contributed by atoms with E-state index in [0.29, 0.717) is 0 Å². The van der Waals surface area contributed by atoms with E-state index in [1.165, 1.54) is 12.1 Å². The zero-order chi connectivity index (χ0) is 12.2. The Morgan fingerprint density at radius 3 is 2.62 bits per heavy atom. The van der Waals surface area contributed by atoms with Crippen LogP contribution in [0.3, 0.4) is 0 Å². The van der Waals surface area contributed by atoms with Gasteiger partial charge >= 0.3 is 0 Å². The van der Waals surface area contributed by atoms with Gasteiger partial charge in [-0.2, -0.15) is 0 Å². The fraction of sp³-hybridized carbons (Fsp3) is 0.500. The third-order valence-electron chi connectivity index (χ3n) is 2.49. The Morgan fingerprint density at radius 2 is 2.06 bits per heavy atom. The van der Waals surface area contributed by atoms with Crippen LogP contribution in [0.1, 0.15) is 25.8 Å². The number of rotatable bonds is 5. The van der Waals surface area contributed by atoms with E-state index in [-0.39, 0.29) is 11.4 Å². The molecule has 0 atom stereocenters. The minimum atomic E-state index is -0.213. The average molecular weight is 353 g/mol. The van der Waals surface area contributed by atoms with Crippen LogP contribution in [0.2, 0.25) is 0 Å². The molecule has 0 saturated heterocycles. The number of hydrogen-bond donors (Lipinski definition) is 1. The molecule has 0 fully saturated rings. The van der Waals surface area contributed by atoms with Crippen molar-refractivity contribution in [3.8, 4) is 0 Å². The molecule has 90 valence electrons. The first-order valence-corrected chi connectivity index (χ1v) is 7.11. The smallest absolute Gasteiger partial charge is 0.124 e. The minimum absolute atomic E-state index is 0.0807. The van der Waals surface area contributed by atoms with Crippen LogP contribution in [-0.4, -0.2) is 10.9 Å². The highest BCUT2D eigenvalue weighted by molar-refractivity contribution is 9.10. The lowest BCUT2D eigenvalue weighted by Gasteiger charge is -2.25. The molecule has 16 heavy (non-hydrogen) atoms. The summed E-state index contributed by atoms with van der Waals surface area (Å²) in [5.74, 6) is -0.213. The van der Waals surface area contributed by atoms with Gasteiger partial charge < -0.3 is 5.32 Å². The van der Waals surface area contributed by atoms with Crippen molar-refractivity contribution < 1.29 is 4.39 Å². The van der Waals surface area contributed by atoms with Crippen molar-refractivity contribution in [1.82, 2.24) is 5.32 Å². The van der Waals surface area contributed by atoms with Crippen LogP contribution in [0, 0.1) is 5.82 Å². The van der Waals surface area contributed by atoms with Crippen LogP contribution in [0.4, 0.5) is 4.39 Å². The van der Waals surface area contributed by atoms with Gasteiger partial charge in [-0.05, 0) is 38.0 Å². The van der Waals surface area contributed by atoms with Gasteiger partial charge in [-0.1, -0.05) is 37.9 Å². The van der Waals surface area contributed by atoms with Crippen molar-refractivity contribution in [2.75, 3.05) is 5.33 Å². The van der Waals surface area contributed by atoms with Gasteiger partial charge in [-0.15, -0.1) is 0 Å². The topological polar surface area (TPSA) is 12.0 Å². The standard InChI is InChI=1S/C12H16Br2FN/c1-12(2,5-6-13)16-8-9-3-4-10(15)7-11(9)14/h3-4,7,16H,5-6,8H2,1-2H3. The molecule has 1 nitrogen and oxygen atoms in total. The van der Waals surface area contributed by atoms with Gasteiger partial charge in [0.2, 0.25) is 0 Å². The van der Waals surface area contributed by atoms with E-state index in [0.717, 1.165) is 28.3 Å². The lowest BCUT2D eigenvalue weighted by molar-refractivity contribution is 0.377. The molecule has 0 amide bonds. The van der Waals surface area contributed by atoms with E-state index in [9.17, 15) is 4.39 Å². The van der Waals surface area contributed by atoms with E-state index in [1.807, 2.05) is 0 Å². The van der Waals surface area contributed by atoms with Gasteiger partial charge in [0.15, 0.2) is 0 Å². The average Bonchev–Trinajstić information content (AvgIpc) is 2.16. The highest BCUT2D eigenvalue weighted by atomic mass is 79.9. The molecular formula is C12H16Br2FN. The highest BCUT2D eigenvalue weighted by Crippen LogP contribution is 2.19. The van der Waals surface area contributed by atoms with E-state index in [4.69, 9.17) is 0 Å². The maximum absolute atomic E-state index is 12.9. The summed E-state index contributed by atoms with van der Waals surface area (Å²) in [6.45, 7) is 5.05. The van der Waals surface area contributed by atoms with Crippen LogP contribution in [0.5, 0.6) is 0 Å². The molecule has 0 bridgehead atoms. The van der Waals surface area contributed by atoms with Gasteiger partial charge in [0.25, 0.3) is 0 Å². The van der Waals surface area contributed by atoms with E-state index < -0.39 is 0 Å². The summed E-state index contributed by atoms with van der Waals surface area (Å²) < 4.78 is 13.7. The quantitative estimate of drug-likeness (QED) is 0.781. The molecule has 0 radical (unpaired) electrons. The largest absolute Gasteiger partial charge is 0.308 e. The predicted octanol–water partition coefficient (Wildman–Crippen LogP) is 4.24. The van der Waals surface area contributed by atoms with Crippen molar-refractivity contribution in [1.29, 1.82) is 0 Å². The minimum Gasteiger partial charge on any atom is -0.308 e. The molecule has 1 N–H and O–H groups in total. The number of alkyl halides is 1. The third kappa shape index (κ3) is 4.52. The summed E-state index contributed by atoms with van der Waals surface area (Å²) in [5, 5.41) is 4.42. The van der Waals surface area contributed by atoms with Crippen LogP contribution < -0.4 is 5.32 Å². The van der Waals surface area contributed by atoms with Gasteiger partial charge in [-0.25, -0.2) is 4.39 Å². The Hall–Kier alpha value is 0.0700. The van der Waals surface area contributed by atoms with Gasteiger partial charge in [-0.3, -0.25) is 0 Å². The normalized spacial score (nSPS) is 11.8. The Balaban J connectivity index is 2.61. The second kappa shape index (κ2) is 6.12. The lowest BCUT2D eigenvalue weighted by atomic mass is 10.0. The molecular weight excluding hydrogens is 337 g/mol. The fourth-order valence-corrected chi connectivity index (χ4v) is 2.81. The first-order chi connectivity index (χ1) is 7.44. The van der Waals surface area contributed by atoms with Crippen molar-refractivity contribution in [2.24, 2.45) is 0 Å². The lowest BCUT2D eigenvalue weighted by Crippen LogP contribution is -2.39. The van der Waals surface area contributed by atoms with Gasteiger partial charge in [0.05, 0.1) is 0 Å². The van der Waals surface area contributed by atoms with E-state index in [2.05, 4.69) is 51.0 Å². The molecule has 0 aliphatic rings. The summed E-state index contributed by atoms with van der Waals surface area (Å²) in [5.41, 5.74) is 1.15. The van der Waals surface area contributed by atoms with E-state index >= 15 is 0 Å². The maximum Gasteiger partial charge on any atom is 0.124 e. The van der Waals surface area contributed by atoms with Crippen LogP contribution >= 0.6 is 31.9 Å². The Morgan fingerprint density at radius 1 is 1.38 bits per heavy atom. The van der Waals surface area contributed by atoms with Crippen molar-refractivity contribution in [2.45, 2.75) is 32.4 Å². The summed E-state index contributed by atoms with van der Waals surface area (Å²) in [6, 6.07) is 4.78. The number of hydrogen-bond acceptors (Lipinski definition) is 1. The molecule has 0 saturated carbocycles. The molecule has 0 aliphatic carbocycles. The van der Waals surface area contributed by atoms with Crippen LogP contribution in [-0.2, 0) is 6.54 Å². The van der Waals surface area contributed by atoms with Gasteiger partial charge in [0.1, 0.15) is 5.82 Å². The Bertz CT molecular complexity index is 353. The Kier molecular flexibility index (Phi) is 5.41.